The van der Waals surface area contributed by atoms with Crippen molar-refractivity contribution in [2.24, 2.45) is 0 Å². The summed E-state index contributed by atoms with van der Waals surface area (Å²) in [4.78, 5) is 27.6. The quantitative estimate of drug-likeness (QED) is 0.575. The fourth-order valence-corrected chi connectivity index (χ4v) is 2.57. The van der Waals surface area contributed by atoms with Gasteiger partial charge < -0.3 is 21.3 Å². The zero-order valence-electron chi connectivity index (χ0n) is 15.1. The molecule has 5 N–H and O–H groups in total. The molecule has 0 saturated carbocycles. The van der Waals surface area contributed by atoms with E-state index in [1.54, 1.807) is 0 Å². The first-order chi connectivity index (χ1) is 11.9. The summed E-state index contributed by atoms with van der Waals surface area (Å²) < 4.78 is 0. The van der Waals surface area contributed by atoms with Crippen LogP contribution in [0.25, 0.3) is 0 Å². The molecule has 142 valence electrons. The summed E-state index contributed by atoms with van der Waals surface area (Å²) >= 11 is 0. The molecule has 1 aromatic rings. The van der Waals surface area contributed by atoms with Crippen LogP contribution in [-0.2, 0) is 16.0 Å². The van der Waals surface area contributed by atoms with E-state index in [-0.39, 0.29) is 18.5 Å². The number of nitrogens with one attached hydrogen (secondary N) is 1. The van der Waals surface area contributed by atoms with Gasteiger partial charge in [0.05, 0.1) is 0 Å². The van der Waals surface area contributed by atoms with Gasteiger partial charge in [0.2, 0.25) is 5.95 Å². The first-order valence-corrected chi connectivity index (χ1v) is 8.12. The molecule has 0 aromatic carbocycles. The van der Waals surface area contributed by atoms with Crippen LogP contribution in [0.1, 0.15) is 39.2 Å². The Kier molecular flexibility index (Phi) is 10.9. The molecular formula is C16H29N5O4. The van der Waals surface area contributed by atoms with Gasteiger partial charge in [-0.1, -0.05) is 6.92 Å². The lowest BCUT2D eigenvalue weighted by atomic mass is 10.0. The number of nitrogens with two attached hydrogens (primary N) is 1. The zero-order valence-corrected chi connectivity index (χ0v) is 15.1. The molecule has 25 heavy (non-hydrogen) atoms. The topological polar surface area (TPSA) is 142 Å². The highest BCUT2D eigenvalue weighted by Crippen LogP contribution is 2.22. The lowest BCUT2D eigenvalue weighted by Crippen LogP contribution is -2.47. The highest BCUT2D eigenvalue weighted by atomic mass is 16.3. The lowest BCUT2D eigenvalue weighted by Gasteiger charge is -2.35. The molecule has 2 heterocycles. The van der Waals surface area contributed by atoms with Crippen LogP contribution in [0.5, 0.6) is 0 Å². The SMILES string of the molecule is CCc1cnc(N)nc1NCC(C)(C)N1CCCC1.O=CO.O=CO. The van der Waals surface area contributed by atoms with Gasteiger partial charge in [0.15, 0.2) is 0 Å². The second-order valence-corrected chi connectivity index (χ2v) is 6.03. The van der Waals surface area contributed by atoms with Crippen molar-refractivity contribution in [2.45, 2.75) is 45.6 Å². The largest absolute Gasteiger partial charge is 0.483 e. The van der Waals surface area contributed by atoms with Gasteiger partial charge in [-0.05, 0) is 46.2 Å². The third-order valence-electron chi connectivity index (χ3n) is 3.91. The van der Waals surface area contributed by atoms with Gasteiger partial charge in [0.1, 0.15) is 5.82 Å². The van der Waals surface area contributed by atoms with E-state index in [9.17, 15) is 0 Å². The molecule has 0 unspecified atom stereocenters. The fraction of sp³-hybridized carbons (Fsp3) is 0.625. The maximum absolute atomic E-state index is 8.36. The van der Waals surface area contributed by atoms with Crippen molar-refractivity contribution in [2.75, 3.05) is 30.7 Å². The Labute approximate surface area is 148 Å². The third-order valence-corrected chi connectivity index (χ3v) is 3.91. The molecule has 0 aliphatic carbocycles. The monoisotopic (exact) mass is 355 g/mol. The van der Waals surface area contributed by atoms with E-state index >= 15 is 0 Å². The smallest absolute Gasteiger partial charge is 0.290 e. The van der Waals surface area contributed by atoms with E-state index in [1.165, 1.54) is 25.9 Å². The average Bonchev–Trinajstić information content (AvgIpc) is 3.10. The number of aromatic nitrogens is 2. The summed E-state index contributed by atoms with van der Waals surface area (Å²) in [6, 6.07) is 0. The normalized spacial score (nSPS) is 13.7. The number of hydrogen-bond donors (Lipinski definition) is 4. The molecule has 0 spiro atoms. The van der Waals surface area contributed by atoms with Crippen molar-refractivity contribution in [3.63, 3.8) is 0 Å². The van der Waals surface area contributed by atoms with Crippen LogP contribution in [0, 0.1) is 0 Å². The predicted octanol–water partition coefficient (Wildman–Crippen LogP) is 1.31. The minimum atomic E-state index is -0.250. The molecule has 9 heteroatoms. The van der Waals surface area contributed by atoms with Gasteiger partial charge in [-0.15, -0.1) is 0 Å². The van der Waals surface area contributed by atoms with Crippen molar-refractivity contribution < 1.29 is 19.8 Å². The Morgan fingerprint density at radius 3 is 2.28 bits per heavy atom. The van der Waals surface area contributed by atoms with Crippen LogP contribution in [0.4, 0.5) is 11.8 Å². The molecule has 1 aliphatic heterocycles. The summed E-state index contributed by atoms with van der Waals surface area (Å²) in [5.74, 6) is 1.21. The minimum Gasteiger partial charge on any atom is -0.483 e. The van der Waals surface area contributed by atoms with E-state index in [1.807, 2.05) is 6.20 Å². The van der Waals surface area contributed by atoms with E-state index in [4.69, 9.17) is 25.5 Å². The van der Waals surface area contributed by atoms with Crippen molar-refractivity contribution >= 4 is 24.7 Å². The standard InChI is InChI=1S/C14H25N5.2CH2O2/c1-4-11-9-16-13(15)18-12(11)17-10-14(2,3)19-7-5-6-8-19;2*2-1-3/h9H,4-8,10H2,1-3H3,(H3,15,16,17,18);2*1H,(H,2,3). The van der Waals surface area contributed by atoms with E-state index in [0.717, 1.165) is 24.3 Å². The fourth-order valence-electron chi connectivity index (χ4n) is 2.57. The molecule has 0 atom stereocenters. The van der Waals surface area contributed by atoms with E-state index < -0.39 is 0 Å². The third kappa shape index (κ3) is 8.30. The van der Waals surface area contributed by atoms with Crippen LogP contribution < -0.4 is 11.1 Å². The summed E-state index contributed by atoms with van der Waals surface area (Å²) in [6.45, 7) is 9.42. The van der Waals surface area contributed by atoms with Crippen LogP contribution >= 0.6 is 0 Å². The Morgan fingerprint density at radius 2 is 1.80 bits per heavy atom. The number of anilines is 2. The Morgan fingerprint density at radius 1 is 1.28 bits per heavy atom. The van der Waals surface area contributed by atoms with Crippen molar-refractivity contribution in [1.82, 2.24) is 14.9 Å². The van der Waals surface area contributed by atoms with Crippen molar-refractivity contribution in [1.29, 1.82) is 0 Å². The predicted molar refractivity (Wildman–Crippen MR) is 96.6 cm³/mol. The first-order valence-electron chi connectivity index (χ1n) is 8.12. The van der Waals surface area contributed by atoms with Crippen LogP contribution in [0.15, 0.2) is 6.20 Å². The summed E-state index contributed by atoms with van der Waals surface area (Å²) in [6.07, 6.45) is 5.34. The Bertz CT molecular complexity index is 513. The Balaban J connectivity index is 0.000000844. The second-order valence-electron chi connectivity index (χ2n) is 6.03. The lowest BCUT2D eigenvalue weighted by molar-refractivity contribution is -0.123. The number of likely N-dealkylation sites (tertiary alicyclic amines) is 1. The van der Waals surface area contributed by atoms with Crippen LogP contribution in [0.3, 0.4) is 0 Å². The number of carboxylic acid groups (broad SMARTS) is 2. The number of hydrogen-bond acceptors (Lipinski definition) is 7. The molecule has 1 aliphatic rings. The minimum absolute atomic E-state index is 0.140. The first kappa shape index (κ1) is 22.6. The van der Waals surface area contributed by atoms with Gasteiger partial charge in [0, 0.05) is 23.8 Å². The summed E-state index contributed by atoms with van der Waals surface area (Å²) in [5, 5.41) is 17.2. The summed E-state index contributed by atoms with van der Waals surface area (Å²) in [5.41, 5.74) is 6.93. The number of aryl methyl sites for hydroxylation is 1. The number of carbonyl (C=O) groups is 2. The molecule has 1 saturated heterocycles. The van der Waals surface area contributed by atoms with Crippen molar-refractivity contribution in [3.8, 4) is 0 Å². The number of rotatable bonds is 5. The van der Waals surface area contributed by atoms with E-state index in [0.29, 0.717) is 5.95 Å². The van der Waals surface area contributed by atoms with Crippen molar-refractivity contribution in [3.05, 3.63) is 11.8 Å². The van der Waals surface area contributed by atoms with E-state index in [2.05, 4.69) is 41.0 Å². The molecule has 0 amide bonds. The molecule has 2 rings (SSSR count). The number of nitrogen functional groups attached to an aromatic ring is 1. The molecular weight excluding hydrogens is 326 g/mol. The van der Waals surface area contributed by atoms with Gasteiger partial charge >= 0.3 is 0 Å². The molecule has 1 fully saturated rings. The second kappa shape index (κ2) is 12.0. The Hall–Kier alpha value is -2.42. The zero-order chi connectivity index (χ0) is 19.3. The molecule has 9 nitrogen and oxygen atoms in total. The van der Waals surface area contributed by atoms with Gasteiger partial charge in [-0.3, -0.25) is 14.5 Å². The highest BCUT2D eigenvalue weighted by Gasteiger charge is 2.28. The number of nitrogens with zero attached hydrogens (tertiary/aromatic N) is 3. The van der Waals surface area contributed by atoms with Gasteiger partial charge in [-0.25, -0.2) is 4.98 Å². The van der Waals surface area contributed by atoms with Crippen LogP contribution in [-0.4, -0.2) is 63.2 Å². The van der Waals surface area contributed by atoms with Gasteiger partial charge in [-0.2, -0.15) is 4.98 Å². The molecule has 0 radical (unpaired) electrons. The maximum Gasteiger partial charge on any atom is 0.290 e. The van der Waals surface area contributed by atoms with Gasteiger partial charge in [0.25, 0.3) is 12.9 Å². The summed E-state index contributed by atoms with van der Waals surface area (Å²) in [7, 11) is 0. The van der Waals surface area contributed by atoms with Crippen LogP contribution in [0.2, 0.25) is 0 Å². The molecule has 0 bridgehead atoms. The molecule has 1 aromatic heterocycles. The maximum atomic E-state index is 8.36. The highest BCUT2D eigenvalue weighted by molar-refractivity contribution is 5.46. The average molecular weight is 355 g/mol.